The van der Waals surface area contributed by atoms with E-state index in [1.165, 1.54) is 17.5 Å². The Morgan fingerprint density at radius 1 is 1.46 bits per heavy atom. The monoisotopic (exact) mass is 346 g/mol. The maximum atomic E-state index is 12.0. The van der Waals surface area contributed by atoms with Gasteiger partial charge in [0.1, 0.15) is 5.75 Å². The third-order valence-electron chi connectivity index (χ3n) is 3.82. The first-order valence-electron chi connectivity index (χ1n) is 8.04. The molecular weight excluding hydrogens is 324 g/mol. The maximum absolute atomic E-state index is 12.0. The van der Waals surface area contributed by atoms with E-state index in [4.69, 9.17) is 4.74 Å². The van der Waals surface area contributed by atoms with Crippen LogP contribution in [0.2, 0.25) is 0 Å². The Labute approximate surface area is 146 Å². The van der Waals surface area contributed by atoms with Crippen LogP contribution in [0.3, 0.4) is 0 Å². The summed E-state index contributed by atoms with van der Waals surface area (Å²) in [5, 5.41) is 10.9. The van der Waals surface area contributed by atoms with Gasteiger partial charge in [-0.25, -0.2) is 0 Å². The van der Waals surface area contributed by atoms with Gasteiger partial charge in [-0.3, -0.25) is 9.48 Å². The van der Waals surface area contributed by atoms with E-state index >= 15 is 0 Å². The quantitative estimate of drug-likeness (QED) is 0.781. The lowest BCUT2D eigenvalue weighted by atomic mass is 10.3. The van der Waals surface area contributed by atoms with E-state index in [1.54, 1.807) is 7.11 Å². The number of hydrogen-bond acceptors (Lipinski definition) is 5. The van der Waals surface area contributed by atoms with Gasteiger partial charge in [-0.2, -0.15) is 5.10 Å². The number of thioether (sulfide) groups is 1. The smallest absolute Gasteiger partial charge is 0.230 e. The first-order valence-corrected chi connectivity index (χ1v) is 9.03. The summed E-state index contributed by atoms with van der Waals surface area (Å²) in [6, 6.07) is 9.78. The molecule has 2 heterocycles. The molecule has 0 bridgehead atoms. The van der Waals surface area contributed by atoms with E-state index in [0.717, 1.165) is 42.4 Å². The van der Waals surface area contributed by atoms with Crippen molar-refractivity contribution in [1.82, 2.24) is 20.4 Å². The maximum Gasteiger partial charge on any atom is 0.230 e. The van der Waals surface area contributed by atoms with Crippen molar-refractivity contribution in [1.29, 1.82) is 0 Å². The van der Waals surface area contributed by atoms with Crippen LogP contribution in [0.15, 0.2) is 35.2 Å². The van der Waals surface area contributed by atoms with Crippen molar-refractivity contribution in [3.05, 3.63) is 41.7 Å². The van der Waals surface area contributed by atoms with Crippen LogP contribution >= 0.6 is 11.8 Å². The summed E-state index contributed by atoms with van der Waals surface area (Å²) in [6.07, 6.45) is 1.08. The van der Waals surface area contributed by atoms with Gasteiger partial charge < -0.3 is 15.4 Å². The summed E-state index contributed by atoms with van der Waals surface area (Å²) < 4.78 is 7.22. The third kappa shape index (κ3) is 4.52. The van der Waals surface area contributed by atoms with E-state index in [9.17, 15) is 4.79 Å². The average Bonchev–Trinajstić information content (AvgIpc) is 2.87. The topological polar surface area (TPSA) is 68.2 Å². The molecule has 0 saturated carbocycles. The van der Waals surface area contributed by atoms with E-state index < -0.39 is 0 Å². The molecule has 0 fully saturated rings. The Bertz CT molecular complexity index is 678. The molecule has 0 unspecified atom stereocenters. The molecule has 1 aromatic carbocycles. The zero-order valence-electron chi connectivity index (χ0n) is 13.7. The van der Waals surface area contributed by atoms with Crippen LogP contribution < -0.4 is 15.4 Å². The van der Waals surface area contributed by atoms with Gasteiger partial charge in [-0.1, -0.05) is 6.07 Å². The lowest BCUT2D eigenvalue weighted by molar-refractivity contribution is -0.118. The van der Waals surface area contributed by atoms with Gasteiger partial charge in [-0.15, -0.1) is 11.8 Å². The van der Waals surface area contributed by atoms with Crippen LogP contribution in [-0.4, -0.2) is 35.1 Å². The second-order valence-corrected chi connectivity index (χ2v) is 6.67. The number of nitrogens with one attached hydrogen (secondary N) is 2. The van der Waals surface area contributed by atoms with Crippen molar-refractivity contribution in [3.8, 4) is 5.75 Å². The minimum absolute atomic E-state index is 0.00383. The number of hydrogen-bond donors (Lipinski definition) is 2. The molecule has 7 heteroatoms. The Balaban J connectivity index is 1.47. The molecule has 3 rings (SSSR count). The lowest BCUT2D eigenvalue weighted by Crippen LogP contribution is -2.24. The second kappa shape index (κ2) is 8.21. The highest BCUT2D eigenvalue weighted by molar-refractivity contribution is 8.00. The minimum atomic E-state index is 0.00383. The summed E-state index contributed by atoms with van der Waals surface area (Å²) >= 11 is 1.50. The molecule has 2 N–H and O–H groups in total. The zero-order chi connectivity index (χ0) is 16.8. The number of benzene rings is 1. The van der Waals surface area contributed by atoms with E-state index in [0.29, 0.717) is 12.3 Å². The van der Waals surface area contributed by atoms with Crippen molar-refractivity contribution in [2.75, 3.05) is 19.4 Å². The van der Waals surface area contributed by atoms with Crippen molar-refractivity contribution in [2.45, 2.75) is 31.0 Å². The number of methoxy groups -OCH3 is 1. The summed E-state index contributed by atoms with van der Waals surface area (Å²) in [5.41, 5.74) is 2.09. The Hall–Kier alpha value is -1.99. The fraction of sp³-hybridized carbons (Fsp3) is 0.412. The van der Waals surface area contributed by atoms with E-state index in [1.807, 2.05) is 28.9 Å². The SMILES string of the molecule is COc1cccc(SCC(=O)NCc2cc3n(n2)CCCNC3)c1. The molecule has 1 aromatic heterocycles. The number of nitrogens with zero attached hydrogens (tertiary/aromatic N) is 2. The molecule has 1 aliphatic rings. The predicted octanol–water partition coefficient (Wildman–Crippen LogP) is 1.79. The van der Waals surface area contributed by atoms with Crippen molar-refractivity contribution in [3.63, 3.8) is 0 Å². The molecule has 0 radical (unpaired) electrons. The van der Waals surface area contributed by atoms with E-state index in [2.05, 4.69) is 21.8 Å². The van der Waals surface area contributed by atoms with E-state index in [-0.39, 0.29) is 5.91 Å². The molecule has 2 aromatic rings. The highest BCUT2D eigenvalue weighted by atomic mass is 32.2. The van der Waals surface area contributed by atoms with Gasteiger partial charge in [0.15, 0.2) is 0 Å². The Morgan fingerprint density at radius 3 is 3.25 bits per heavy atom. The molecule has 6 nitrogen and oxygen atoms in total. The predicted molar refractivity (Wildman–Crippen MR) is 94.1 cm³/mol. The van der Waals surface area contributed by atoms with Crippen LogP contribution in [0.25, 0.3) is 0 Å². The van der Waals surface area contributed by atoms with Gasteiger partial charge in [0, 0.05) is 18.0 Å². The second-order valence-electron chi connectivity index (χ2n) is 5.62. The number of carbonyl (C=O) groups is 1. The summed E-state index contributed by atoms with van der Waals surface area (Å²) in [7, 11) is 1.64. The molecule has 0 aliphatic carbocycles. The molecule has 128 valence electrons. The number of amides is 1. The van der Waals surface area contributed by atoms with Crippen LogP contribution in [0.4, 0.5) is 0 Å². The molecule has 1 amide bonds. The highest BCUT2D eigenvalue weighted by Crippen LogP contribution is 2.22. The molecule has 0 atom stereocenters. The molecular formula is C17H22N4O2S. The van der Waals surface area contributed by atoms with Gasteiger partial charge in [0.2, 0.25) is 5.91 Å². The highest BCUT2D eigenvalue weighted by Gasteiger charge is 2.11. The number of aryl methyl sites for hydroxylation is 1. The third-order valence-corrected chi connectivity index (χ3v) is 4.82. The zero-order valence-corrected chi connectivity index (χ0v) is 14.6. The van der Waals surface area contributed by atoms with Crippen molar-refractivity contribution < 1.29 is 9.53 Å². The van der Waals surface area contributed by atoms with Crippen LogP contribution in [-0.2, 0) is 24.4 Å². The number of ether oxygens (including phenoxy) is 1. The van der Waals surface area contributed by atoms with Crippen LogP contribution in [0.1, 0.15) is 17.8 Å². The molecule has 0 saturated heterocycles. The number of fused-ring (bicyclic) bond motifs is 1. The molecule has 0 spiro atoms. The number of aromatic nitrogens is 2. The van der Waals surface area contributed by atoms with Gasteiger partial charge in [0.25, 0.3) is 0 Å². The summed E-state index contributed by atoms with van der Waals surface area (Å²) in [4.78, 5) is 13.1. The summed E-state index contributed by atoms with van der Waals surface area (Å²) in [6.45, 7) is 3.27. The first kappa shape index (κ1) is 16.9. The number of carbonyl (C=O) groups excluding carboxylic acids is 1. The number of rotatable bonds is 6. The van der Waals surface area contributed by atoms with Crippen LogP contribution in [0.5, 0.6) is 5.75 Å². The summed E-state index contributed by atoms with van der Waals surface area (Å²) in [5.74, 6) is 1.18. The minimum Gasteiger partial charge on any atom is -0.497 e. The normalized spacial score (nSPS) is 13.9. The lowest BCUT2D eigenvalue weighted by Gasteiger charge is -2.05. The van der Waals surface area contributed by atoms with Gasteiger partial charge >= 0.3 is 0 Å². The molecule has 24 heavy (non-hydrogen) atoms. The fourth-order valence-corrected chi connectivity index (χ4v) is 3.36. The Kier molecular flexibility index (Phi) is 5.77. The Morgan fingerprint density at radius 2 is 2.38 bits per heavy atom. The van der Waals surface area contributed by atoms with Gasteiger partial charge in [-0.05, 0) is 37.2 Å². The molecule has 1 aliphatic heterocycles. The fourth-order valence-electron chi connectivity index (χ4n) is 2.59. The average molecular weight is 346 g/mol. The first-order chi connectivity index (χ1) is 11.7. The standard InChI is InChI=1S/C17H22N4O2S/c1-23-15-4-2-5-16(9-15)24-12-17(22)19-10-13-8-14-11-18-6-3-7-21(14)20-13/h2,4-5,8-9,18H,3,6-7,10-12H2,1H3,(H,19,22). The van der Waals surface area contributed by atoms with Gasteiger partial charge in [0.05, 0.1) is 30.8 Å². The van der Waals surface area contributed by atoms with Crippen LogP contribution in [0, 0.1) is 0 Å². The van der Waals surface area contributed by atoms with Crippen molar-refractivity contribution >= 4 is 17.7 Å². The largest absolute Gasteiger partial charge is 0.497 e. The van der Waals surface area contributed by atoms with Crippen molar-refractivity contribution in [2.24, 2.45) is 0 Å².